The van der Waals surface area contributed by atoms with E-state index in [0.717, 1.165) is 6.54 Å². The van der Waals surface area contributed by atoms with Gasteiger partial charge < -0.3 is 4.90 Å². The summed E-state index contributed by atoms with van der Waals surface area (Å²) in [7, 11) is 1.95. The van der Waals surface area contributed by atoms with Crippen molar-refractivity contribution in [1.82, 2.24) is 4.90 Å². The van der Waals surface area contributed by atoms with Crippen molar-refractivity contribution in [2.75, 3.05) is 20.1 Å². The van der Waals surface area contributed by atoms with E-state index in [0.29, 0.717) is 12.5 Å². The fourth-order valence-electron chi connectivity index (χ4n) is 1.44. The first-order valence-electron chi connectivity index (χ1n) is 3.62. The molecule has 0 amide bonds. The van der Waals surface area contributed by atoms with E-state index in [-0.39, 0.29) is 5.25 Å². The standard InChI is InChI=1S/C7H14FNS/c1-5-3-9(2)4-6(8)7(5)10/h5-7,10H,3-4H2,1-2H3. The summed E-state index contributed by atoms with van der Waals surface area (Å²) < 4.78 is 13.0. The van der Waals surface area contributed by atoms with Crippen molar-refractivity contribution in [2.45, 2.75) is 18.3 Å². The molecular formula is C7H14FNS. The Hall–Kier alpha value is 0.240. The van der Waals surface area contributed by atoms with E-state index in [4.69, 9.17) is 0 Å². The van der Waals surface area contributed by atoms with Gasteiger partial charge in [0.25, 0.3) is 0 Å². The van der Waals surface area contributed by atoms with Crippen LogP contribution >= 0.6 is 12.6 Å². The average molecular weight is 163 g/mol. The highest BCUT2D eigenvalue weighted by atomic mass is 32.1. The van der Waals surface area contributed by atoms with Gasteiger partial charge in [-0.3, -0.25) is 0 Å². The SMILES string of the molecule is CC1CN(C)CC(F)C1S. The molecule has 10 heavy (non-hydrogen) atoms. The minimum atomic E-state index is -0.753. The number of rotatable bonds is 0. The minimum Gasteiger partial charge on any atom is -0.303 e. The van der Waals surface area contributed by atoms with Crippen molar-refractivity contribution in [3.8, 4) is 0 Å². The Morgan fingerprint density at radius 2 is 2.10 bits per heavy atom. The third-order valence-corrected chi connectivity index (χ3v) is 2.87. The van der Waals surface area contributed by atoms with E-state index in [9.17, 15) is 4.39 Å². The van der Waals surface area contributed by atoms with Crippen LogP contribution in [0.25, 0.3) is 0 Å². The number of likely N-dealkylation sites (tertiary alicyclic amines) is 1. The molecule has 1 rings (SSSR count). The van der Waals surface area contributed by atoms with E-state index in [1.54, 1.807) is 0 Å². The Morgan fingerprint density at radius 1 is 1.50 bits per heavy atom. The molecule has 0 aromatic carbocycles. The summed E-state index contributed by atoms with van der Waals surface area (Å²) in [6, 6.07) is 0. The summed E-state index contributed by atoms with van der Waals surface area (Å²) in [4.78, 5) is 2.02. The van der Waals surface area contributed by atoms with Crippen LogP contribution in [0, 0.1) is 5.92 Å². The van der Waals surface area contributed by atoms with Gasteiger partial charge in [0.05, 0.1) is 0 Å². The van der Waals surface area contributed by atoms with Crippen LogP contribution < -0.4 is 0 Å². The number of thiol groups is 1. The predicted octanol–water partition coefficient (Wildman–Crippen LogP) is 1.20. The normalized spacial score (nSPS) is 43.8. The molecule has 1 aliphatic rings. The second kappa shape index (κ2) is 3.09. The van der Waals surface area contributed by atoms with Crippen LogP contribution in [0.15, 0.2) is 0 Å². The molecule has 0 aromatic rings. The van der Waals surface area contributed by atoms with Gasteiger partial charge in [-0.2, -0.15) is 12.6 Å². The number of hydrogen-bond acceptors (Lipinski definition) is 2. The zero-order valence-electron chi connectivity index (χ0n) is 6.42. The van der Waals surface area contributed by atoms with Crippen molar-refractivity contribution in [3.63, 3.8) is 0 Å². The molecule has 60 valence electrons. The van der Waals surface area contributed by atoms with Crippen LogP contribution in [0.4, 0.5) is 4.39 Å². The molecule has 3 atom stereocenters. The van der Waals surface area contributed by atoms with Gasteiger partial charge >= 0.3 is 0 Å². The average Bonchev–Trinajstić information content (AvgIpc) is 1.82. The van der Waals surface area contributed by atoms with E-state index < -0.39 is 6.17 Å². The minimum absolute atomic E-state index is 0.0591. The maximum Gasteiger partial charge on any atom is 0.125 e. The first-order chi connectivity index (χ1) is 4.61. The van der Waals surface area contributed by atoms with Crippen LogP contribution in [0.3, 0.4) is 0 Å². The molecule has 1 nitrogen and oxygen atoms in total. The largest absolute Gasteiger partial charge is 0.303 e. The molecule has 0 bridgehead atoms. The number of halogens is 1. The molecule has 1 aliphatic heterocycles. The Bertz CT molecular complexity index is 108. The lowest BCUT2D eigenvalue weighted by Gasteiger charge is -2.34. The molecule has 1 saturated heterocycles. The zero-order valence-corrected chi connectivity index (χ0v) is 7.31. The van der Waals surface area contributed by atoms with E-state index in [1.807, 2.05) is 18.9 Å². The smallest absolute Gasteiger partial charge is 0.125 e. The van der Waals surface area contributed by atoms with Gasteiger partial charge in [0.1, 0.15) is 6.17 Å². The van der Waals surface area contributed by atoms with Crippen LogP contribution in [0.1, 0.15) is 6.92 Å². The number of alkyl halides is 1. The second-order valence-corrected chi connectivity index (χ2v) is 3.80. The van der Waals surface area contributed by atoms with Crippen molar-refractivity contribution >= 4 is 12.6 Å². The molecule has 1 fully saturated rings. The summed E-state index contributed by atoms with van der Waals surface area (Å²) in [6.45, 7) is 3.55. The highest BCUT2D eigenvalue weighted by molar-refractivity contribution is 7.81. The van der Waals surface area contributed by atoms with Gasteiger partial charge in [-0.25, -0.2) is 4.39 Å². The Kier molecular flexibility index (Phi) is 2.58. The monoisotopic (exact) mass is 163 g/mol. The zero-order chi connectivity index (χ0) is 7.72. The van der Waals surface area contributed by atoms with Gasteiger partial charge in [0.15, 0.2) is 0 Å². The topological polar surface area (TPSA) is 3.24 Å². The lowest BCUT2D eigenvalue weighted by molar-refractivity contribution is 0.133. The lowest BCUT2D eigenvalue weighted by atomic mass is 9.99. The quantitative estimate of drug-likeness (QED) is 0.525. The fourth-order valence-corrected chi connectivity index (χ4v) is 1.62. The number of piperidine rings is 1. The summed E-state index contributed by atoms with van der Waals surface area (Å²) >= 11 is 4.19. The molecular weight excluding hydrogens is 149 g/mol. The Morgan fingerprint density at radius 3 is 2.60 bits per heavy atom. The summed E-state index contributed by atoms with van der Waals surface area (Å²) in [5, 5.41) is -0.0591. The van der Waals surface area contributed by atoms with Crippen LogP contribution in [0.2, 0.25) is 0 Å². The molecule has 0 radical (unpaired) electrons. The molecule has 3 unspecified atom stereocenters. The molecule has 0 aromatic heterocycles. The Labute approximate surface area is 67.0 Å². The fraction of sp³-hybridized carbons (Fsp3) is 1.00. The molecule has 0 saturated carbocycles. The third-order valence-electron chi connectivity index (χ3n) is 2.04. The van der Waals surface area contributed by atoms with Crippen molar-refractivity contribution in [2.24, 2.45) is 5.92 Å². The number of nitrogens with zero attached hydrogens (tertiary/aromatic N) is 1. The van der Waals surface area contributed by atoms with Gasteiger partial charge in [-0.15, -0.1) is 0 Å². The van der Waals surface area contributed by atoms with Gasteiger partial charge in [0.2, 0.25) is 0 Å². The van der Waals surface area contributed by atoms with E-state index in [2.05, 4.69) is 12.6 Å². The lowest BCUT2D eigenvalue weighted by Crippen LogP contribution is -2.45. The van der Waals surface area contributed by atoms with E-state index >= 15 is 0 Å². The maximum atomic E-state index is 13.0. The molecule has 0 spiro atoms. The highest BCUT2D eigenvalue weighted by Crippen LogP contribution is 2.22. The predicted molar refractivity (Wildman–Crippen MR) is 44.3 cm³/mol. The van der Waals surface area contributed by atoms with E-state index in [1.165, 1.54) is 0 Å². The van der Waals surface area contributed by atoms with Crippen LogP contribution in [-0.2, 0) is 0 Å². The molecule has 0 N–H and O–H groups in total. The summed E-state index contributed by atoms with van der Waals surface area (Å²) in [6.07, 6.45) is -0.753. The van der Waals surface area contributed by atoms with Crippen molar-refractivity contribution < 1.29 is 4.39 Å². The highest BCUT2D eigenvalue weighted by Gasteiger charge is 2.30. The van der Waals surface area contributed by atoms with Gasteiger partial charge in [0, 0.05) is 18.3 Å². The second-order valence-electron chi connectivity index (χ2n) is 3.21. The van der Waals surface area contributed by atoms with Gasteiger partial charge in [-0.1, -0.05) is 6.92 Å². The van der Waals surface area contributed by atoms with Crippen LogP contribution in [-0.4, -0.2) is 36.5 Å². The first kappa shape index (κ1) is 8.34. The Balaban J connectivity index is 2.49. The van der Waals surface area contributed by atoms with Crippen LogP contribution in [0.5, 0.6) is 0 Å². The third kappa shape index (κ3) is 1.64. The first-order valence-corrected chi connectivity index (χ1v) is 4.13. The molecule has 3 heteroatoms. The van der Waals surface area contributed by atoms with Gasteiger partial charge in [-0.05, 0) is 13.0 Å². The molecule has 1 heterocycles. The summed E-state index contributed by atoms with van der Waals surface area (Å²) in [5.41, 5.74) is 0. The summed E-state index contributed by atoms with van der Waals surface area (Å²) in [5.74, 6) is 0.372. The maximum absolute atomic E-state index is 13.0. The van der Waals surface area contributed by atoms with Crippen molar-refractivity contribution in [1.29, 1.82) is 0 Å². The number of hydrogen-bond donors (Lipinski definition) is 1. The van der Waals surface area contributed by atoms with Crippen molar-refractivity contribution in [3.05, 3.63) is 0 Å². The molecule has 0 aliphatic carbocycles.